The zero-order valence-electron chi connectivity index (χ0n) is 16.8. The van der Waals surface area contributed by atoms with E-state index < -0.39 is 5.60 Å². The van der Waals surface area contributed by atoms with Gasteiger partial charge in [-0.15, -0.1) is 0 Å². The molecule has 1 aromatic carbocycles. The van der Waals surface area contributed by atoms with Gasteiger partial charge in [0.1, 0.15) is 12.2 Å². The van der Waals surface area contributed by atoms with E-state index in [1.165, 1.54) is 0 Å². The number of amides is 2. The molecular weight excluding hydrogens is 354 g/mol. The van der Waals surface area contributed by atoms with Gasteiger partial charge in [-0.05, 0) is 57.5 Å². The number of piperidine rings is 2. The van der Waals surface area contributed by atoms with Gasteiger partial charge in [0.15, 0.2) is 0 Å². The molecular formula is C22H31N3O3. The van der Waals surface area contributed by atoms with Crippen molar-refractivity contribution in [3.05, 3.63) is 30.3 Å². The van der Waals surface area contributed by atoms with Crippen LogP contribution >= 0.6 is 0 Å². The van der Waals surface area contributed by atoms with Crippen LogP contribution in [0.25, 0.3) is 0 Å². The Kier molecular flexibility index (Phi) is 5.69. The average molecular weight is 386 g/mol. The fraction of sp³-hybridized carbons (Fsp3) is 0.636. The normalized spacial score (nSPS) is 27.4. The summed E-state index contributed by atoms with van der Waals surface area (Å²) in [6.45, 7) is 7.27. The molecule has 2 amide bonds. The minimum absolute atomic E-state index is 0.00721. The minimum Gasteiger partial charge on any atom is -0.361 e. The van der Waals surface area contributed by atoms with Crippen molar-refractivity contribution >= 4 is 17.5 Å². The highest BCUT2D eigenvalue weighted by Gasteiger charge is 2.45. The summed E-state index contributed by atoms with van der Waals surface area (Å²) in [4.78, 5) is 31.9. The minimum atomic E-state index is -0.443. The molecule has 0 N–H and O–H groups in total. The van der Waals surface area contributed by atoms with E-state index in [-0.39, 0.29) is 24.3 Å². The number of carbonyl (C=O) groups is 2. The summed E-state index contributed by atoms with van der Waals surface area (Å²) in [5, 5.41) is 0. The van der Waals surface area contributed by atoms with Gasteiger partial charge >= 0.3 is 0 Å². The summed E-state index contributed by atoms with van der Waals surface area (Å²) in [7, 11) is 0. The zero-order valence-corrected chi connectivity index (χ0v) is 16.8. The molecule has 1 atom stereocenters. The third kappa shape index (κ3) is 3.94. The van der Waals surface area contributed by atoms with Crippen LogP contribution in [-0.4, -0.2) is 73.1 Å². The number of ether oxygens (including phenoxy) is 1. The van der Waals surface area contributed by atoms with Crippen molar-refractivity contribution in [2.75, 3.05) is 50.8 Å². The van der Waals surface area contributed by atoms with Gasteiger partial charge in [0.05, 0.1) is 13.1 Å². The number of benzene rings is 1. The predicted molar refractivity (Wildman–Crippen MR) is 108 cm³/mol. The van der Waals surface area contributed by atoms with E-state index in [0.717, 1.165) is 57.5 Å². The van der Waals surface area contributed by atoms with Crippen LogP contribution in [0.4, 0.5) is 5.69 Å². The molecule has 0 aromatic heterocycles. The van der Waals surface area contributed by atoms with Gasteiger partial charge in [-0.1, -0.05) is 25.1 Å². The summed E-state index contributed by atoms with van der Waals surface area (Å²) in [6, 6.07) is 9.78. The second-order valence-electron chi connectivity index (χ2n) is 8.36. The number of morpholine rings is 1. The molecule has 0 saturated carbocycles. The number of hydrogen-bond acceptors (Lipinski definition) is 4. The highest BCUT2D eigenvalue weighted by atomic mass is 16.5. The van der Waals surface area contributed by atoms with E-state index in [1.807, 2.05) is 40.1 Å². The number of nitrogens with zero attached hydrogens (tertiary/aromatic N) is 3. The molecule has 3 saturated heterocycles. The molecule has 3 fully saturated rings. The lowest BCUT2D eigenvalue weighted by Crippen LogP contribution is -2.62. The van der Waals surface area contributed by atoms with E-state index in [2.05, 4.69) is 11.8 Å². The quantitative estimate of drug-likeness (QED) is 0.800. The van der Waals surface area contributed by atoms with Crippen molar-refractivity contribution in [3.63, 3.8) is 0 Å². The van der Waals surface area contributed by atoms with Crippen molar-refractivity contribution in [1.82, 2.24) is 9.80 Å². The first-order chi connectivity index (χ1) is 13.6. The molecule has 152 valence electrons. The summed E-state index contributed by atoms with van der Waals surface area (Å²) in [5.41, 5.74) is 0.465. The number of likely N-dealkylation sites (tertiary alicyclic amines) is 2. The maximum absolute atomic E-state index is 13.2. The Morgan fingerprint density at radius 3 is 2.61 bits per heavy atom. The number of hydrogen-bond donors (Lipinski definition) is 0. The molecule has 1 unspecified atom stereocenters. The largest absolute Gasteiger partial charge is 0.361 e. The Labute approximate surface area is 167 Å². The Morgan fingerprint density at radius 1 is 1.14 bits per heavy atom. The summed E-state index contributed by atoms with van der Waals surface area (Å²) >= 11 is 0. The molecule has 6 nitrogen and oxygen atoms in total. The zero-order chi connectivity index (χ0) is 19.6. The van der Waals surface area contributed by atoms with Crippen LogP contribution in [0.5, 0.6) is 0 Å². The van der Waals surface area contributed by atoms with E-state index >= 15 is 0 Å². The first-order valence-corrected chi connectivity index (χ1v) is 10.6. The van der Waals surface area contributed by atoms with Crippen LogP contribution in [-0.2, 0) is 14.3 Å². The first-order valence-electron chi connectivity index (χ1n) is 10.6. The molecule has 0 bridgehead atoms. The van der Waals surface area contributed by atoms with Crippen LogP contribution in [0.3, 0.4) is 0 Å². The molecule has 3 heterocycles. The third-order valence-electron chi connectivity index (χ3n) is 6.55. The van der Waals surface area contributed by atoms with Crippen molar-refractivity contribution in [2.45, 2.75) is 38.2 Å². The van der Waals surface area contributed by atoms with Gasteiger partial charge in [0, 0.05) is 18.2 Å². The smallest absolute Gasteiger partial charge is 0.253 e. The summed E-state index contributed by atoms with van der Waals surface area (Å²) < 4.78 is 6.08. The Balaban J connectivity index is 1.44. The lowest BCUT2D eigenvalue weighted by atomic mass is 9.88. The molecule has 3 aliphatic heterocycles. The fourth-order valence-electron chi connectivity index (χ4n) is 4.85. The molecule has 1 spiro atoms. The molecule has 4 rings (SSSR count). The van der Waals surface area contributed by atoms with Gasteiger partial charge < -0.3 is 19.4 Å². The number of anilines is 1. The predicted octanol–water partition coefficient (Wildman–Crippen LogP) is 2.14. The Morgan fingerprint density at radius 2 is 1.89 bits per heavy atom. The van der Waals surface area contributed by atoms with E-state index in [4.69, 9.17) is 4.74 Å². The first kappa shape index (κ1) is 19.4. The topological polar surface area (TPSA) is 53.1 Å². The van der Waals surface area contributed by atoms with Crippen molar-refractivity contribution in [1.29, 1.82) is 0 Å². The van der Waals surface area contributed by atoms with E-state index in [0.29, 0.717) is 13.1 Å². The maximum Gasteiger partial charge on any atom is 0.253 e. The Bertz CT molecular complexity index is 702. The molecule has 3 aliphatic rings. The SMILES string of the molecule is CCN1CCC(C(=O)N2CCCC3(C2)CN(c2ccccc2)C(=O)CO3)CC1. The summed E-state index contributed by atoms with van der Waals surface area (Å²) in [6.07, 6.45) is 3.72. The van der Waals surface area contributed by atoms with Crippen molar-refractivity contribution in [2.24, 2.45) is 5.92 Å². The second kappa shape index (κ2) is 8.21. The van der Waals surface area contributed by atoms with Gasteiger partial charge in [-0.25, -0.2) is 0 Å². The highest BCUT2D eigenvalue weighted by Crippen LogP contribution is 2.33. The third-order valence-corrected chi connectivity index (χ3v) is 6.55. The number of carbonyl (C=O) groups excluding carboxylic acids is 2. The van der Waals surface area contributed by atoms with Gasteiger partial charge in [0.2, 0.25) is 5.91 Å². The van der Waals surface area contributed by atoms with Gasteiger partial charge in [0.25, 0.3) is 5.91 Å². The van der Waals surface area contributed by atoms with Crippen LogP contribution < -0.4 is 4.90 Å². The molecule has 0 radical (unpaired) electrons. The van der Waals surface area contributed by atoms with Crippen molar-refractivity contribution < 1.29 is 14.3 Å². The standard InChI is InChI=1S/C22H31N3O3/c1-2-23-13-9-18(10-14-23)21(27)24-12-6-11-22(16-24)17-25(20(26)15-28-22)19-7-4-3-5-8-19/h3-5,7-8,18H,2,6,9-17H2,1H3. The molecule has 1 aromatic rings. The Hall–Kier alpha value is -1.92. The highest BCUT2D eigenvalue weighted by molar-refractivity contribution is 5.95. The van der Waals surface area contributed by atoms with Crippen LogP contribution in [0.2, 0.25) is 0 Å². The van der Waals surface area contributed by atoms with E-state index in [9.17, 15) is 9.59 Å². The summed E-state index contributed by atoms with van der Waals surface area (Å²) in [5.74, 6) is 0.405. The second-order valence-corrected chi connectivity index (χ2v) is 8.36. The van der Waals surface area contributed by atoms with Crippen LogP contribution in [0.1, 0.15) is 32.6 Å². The average Bonchev–Trinajstić information content (AvgIpc) is 2.76. The molecule has 28 heavy (non-hydrogen) atoms. The van der Waals surface area contributed by atoms with Crippen LogP contribution in [0, 0.1) is 5.92 Å². The molecule has 6 heteroatoms. The number of para-hydroxylation sites is 1. The molecule has 0 aliphatic carbocycles. The van der Waals surface area contributed by atoms with E-state index in [1.54, 1.807) is 0 Å². The fourth-order valence-corrected chi connectivity index (χ4v) is 4.85. The number of rotatable bonds is 3. The van der Waals surface area contributed by atoms with Crippen LogP contribution in [0.15, 0.2) is 30.3 Å². The van der Waals surface area contributed by atoms with Gasteiger partial charge in [-0.2, -0.15) is 0 Å². The maximum atomic E-state index is 13.2. The lowest BCUT2D eigenvalue weighted by Gasteiger charge is -2.48. The monoisotopic (exact) mass is 385 g/mol. The van der Waals surface area contributed by atoms with Crippen molar-refractivity contribution in [3.8, 4) is 0 Å². The van der Waals surface area contributed by atoms with Gasteiger partial charge in [-0.3, -0.25) is 9.59 Å². The lowest BCUT2D eigenvalue weighted by molar-refractivity contribution is -0.156.